The summed E-state index contributed by atoms with van der Waals surface area (Å²) in [5.41, 5.74) is 6.27. The molecule has 0 aliphatic carbocycles. The van der Waals surface area contributed by atoms with Crippen molar-refractivity contribution in [2.45, 2.75) is 32.4 Å². The van der Waals surface area contributed by atoms with Crippen LogP contribution in [0.3, 0.4) is 0 Å². The van der Waals surface area contributed by atoms with Gasteiger partial charge < -0.3 is 15.4 Å². The van der Waals surface area contributed by atoms with Crippen molar-refractivity contribution in [2.24, 2.45) is 5.73 Å². The third kappa shape index (κ3) is 4.87. The molecule has 1 atom stereocenters. The van der Waals surface area contributed by atoms with Gasteiger partial charge in [0.2, 0.25) is 5.91 Å². The highest BCUT2D eigenvalue weighted by Gasteiger charge is 2.13. The van der Waals surface area contributed by atoms with Crippen molar-refractivity contribution in [1.29, 1.82) is 0 Å². The lowest BCUT2D eigenvalue weighted by atomic mass is 10.1. The van der Waals surface area contributed by atoms with E-state index in [0.29, 0.717) is 30.7 Å². The van der Waals surface area contributed by atoms with Crippen molar-refractivity contribution in [1.82, 2.24) is 4.90 Å². The average molecular weight is 268 g/mol. The molecule has 0 aromatic heterocycles. The Morgan fingerprint density at radius 3 is 2.79 bits per heavy atom. The van der Waals surface area contributed by atoms with Gasteiger partial charge in [0.05, 0.1) is 7.11 Å². The number of hydrogen-bond donors (Lipinski definition) is 1. The summed E-state index contributed by atoms with van der Waals surface area (Å²) in [4.78, 5) is 13.4. The molecule has 1 amide bonds. The SMILES string of the molecule is COc1ccc(F)cc1CN(C)C(=O)CCC(C)N. The first-order valence-corrected chi connectivity index (χ1v) is 6.26. The van der Waals surface area contributed by atoms with Crippen LogP contribution in [0.15, 0.2) is 18.2 Å². The highest BCUT2D eigenvalue weighted by molar-refractivity contribution is 5.76. The fourth-order valence-electron chi connectivity index (χ4n) is 1.76. The second-order valence-corrected chi connectivity index (χ2v) is 4.72. The number of rotatable bonds is 6. The van der Waals surface area contributed by atoms with Gasteiger partial charge in [-0.3, -0.25) is 4.79 Å². The number of nitrogens with zero attached hydrogens (tertiary/aromatic N) is 1. The van der Waals surface area contributed by atoms with Crippen molar-refractivity contribution >= 4 is 5.91 Å². The Hall–Kier alpha value is -1.62. The Labute approximate surface area is 113 Å². The molecule has 1 aromatic carbocycles. The predicted octanol–water partition coefficient (Wildman–Crippen LogP) is 1.92. The average Bonchev–Trinajstić information content (AvgIpc) is 2.36. The topological polar surface area (TPSA) is 55.6 Å². The quantitative estimate of drug-likeness (QED) is 0.857. The van der Waals surface area contributed by atoms with E-state index in [1.165, 1.54) is 19.2 Å². The summed E-state index contributed by atoms with van der Waals surface area (Å²) in [6.45, 7) is 2.18. The number of nitrogens with two attached hydrogens (primary N) is 1. The minimum Gasteiger partial charge on any atom is -0.496 e. The van der Waals surface area contributed by atoms with Gasteiger partial charge in [-0.05, 0) is 31.5 Å². The summed E-state index contributed by atoms with van der Waals surface area (Å²) in [6, 6.07) is 4.28. The Bertz CT molecular complexity index is 435. The van der Waals surface area contributed by atoms with E-state index in [-0.39, 0.29) is 17.8 Å². The van der Waals surface area contributed by atoms with Gasteiger partial charge in [-0.2, -0.15) is 0 Å². The number of ether oxygens (including phenoxy) is 1. The zero-order valence-corrected chi connectivity index (χ0v) is 11.6. The molecule has 5 heteroatoms. The molecule has 0 spiro atoms. The molecule has 0 fully saturated rings. The molecule has 106 valence electrons. The van der Waals surface area contributed by atoms with Crippen LogP contribution < -0.4 is 10.5 Å². The number of carbonyl (C=O) groups is 1. The highest BCUT2D eigenvalue weighted by Crippen LogP contribution is 2.21. The first-order valence-electron chi connectivity index (χ1n) is 6.26. The van der Waals surface area contributed by atoms with E-state index in [4.69, 9.17) is 10.5 Å². The van der Waals surface area contributed by atoms with E-state index in [1.54, 1.807) is 18.0 Å². The summed E-state index contributed by atoms with van der Waals surface area (Å²) >= 11 is 0. The van der Waals surface area contributed by atoms with Gasteiger partial charge in [0.1, 0.15) is 11.6 Å². The second kappa shape index (κ2) is 7.09. The monoisotopic (exact) mass is 268 g/mol. The second-order valence-electron chi connectivity index (χ2n) is 4.72. The number of halogens is 1. The van der Waals surface area contributed by atoms with E-state index in [2.05, 4.69) is 0 Å². The zero-order chi connectivity index (χ0) is 14.4. The molecule has 0 aliphatic rings. The summed E-state index contributed by atoms with van der Waals surface area (Å²) in [5, 5.41) is 0. The minimum atomic E-state index is -0.341. The van der Waals surface area contributed by atoms with E-state index in [0.717, 1.165) is 0 Å². The summed E-state index contributed by atoms with van der Waals surface area (Å²) < 4.78 is 18.4. The van der Waals surface area contributed by atoms with Crippen LogP contribution in [0.1, 0.15) is 25.3 Å². The normalized spacial score (nSPS) is 12.1. The molecule has 0 saturated heterocycles. The Morgan fingerprint density at radius 1 is 1.53 bits per heavy atom. The molecule has 1 rings (SSSR count). The van der Waals surface area contributed by atoms with Crippen molar-refractivity contribution in [3.05, 3.63) is 29.6 Å². The van der Waals surface area contributed by atoms with Crippen LogP contribution in [0.5, 0.6) is 5.75 Å². The maximum Gasteiger partial charge on any atom is 0.222 e. The van der Waals surface area contributed by atoms with Crippen LogP contribution in [-0.4, -0.2) is 31.0 Å². The molecule has 1 aromatic rings. The summed E-state index contributed by atoms with van der Waals surface area (Å²) in [7, 11) is 3.21. The molecular weight excluding hydrogens is 247 g/mol. The summed E-state index contributed by atoms with van der Waals surface area (Å²) in [6.07, 6.45) is 1.04. The first-order chi connectivity index (χ1) is 8.93. The van der Waals surface area contributed by atoms with E-state index in [9.17, 15) is 9.18 Å². The molecule has 19 heavy (non-hydrogen) atoms. The van der Waals surface area contributed by atoms with Gasteiger partial charge in [0.15, 0.2) is 0 Å². The molecule has 0 aliphatic heterocycles. The van der Waals surface area contributed by atoms with Crippen LogP contribution >= 0.6 is 0 Å². The third-order valence-electron chi connectivity index (χ3n) is 2.89. The molecule has 0 radical (unpaired) electrons. The Balaban J connectivity index is 2.68. The van der Waals surface area contributed by atoms with Crippen LogP contribution in [0.4, 0.5) is 4.39 Å². The Morgan fingerprint density at radius 2 is 2.21 bits per heavy atom. The molecular formula is C14H21FN2O2. The summed E-state index contributed by atoms with van der Waals surface area (Å²) in [5.74, 6) is 0.226. The fourth-order valence-corrected chi connectivity index (χ4v) is 1.76. The van der Waals surface area contributed by atoms with Crippen molar-refractivity contribution < 1.29 is 13.9 Å². The number of hydrogen-bond acceptors (Lipinski definition) is 3. The van der Waals surface area contributed by atoms with Crippen molar-refractivity contribution in [3.63, 3.8) is 0 Å². The maximum atomic E-state index is 13.2. The smallest absolute Gasteiger partial charge is 0.222 e. The molecule has 2 N–H and O–H groups in total. The van der Waals surface area contributed by atoms with Crippen LogP contribution in [-0.2, 0) is 11.3 Å². The molecule has 4 nitrogen and oxygen atoms in total. The molecule has 0 saturated carbocycles. The van der Waals surface area contributed by atoms with E-state index < -0.39 is 0 Å². The number of amides is 1. The molecule has 0 bridgehead atoms. The highest BCUT2D eigenvalue weighted by atomic mass is 19.1. The van der Waals surface area contributed by atoms with Crippen LogP contribution in [0.25, 0.3) is 0 Å². The van der Waals surface area contributed by atoms with Crippen molar-refractivity contribution in [3.8, 4) is 5.75 Å². The van der Waals surface area contributed by atoms with Gasteiger partial charge >= 0.3 is 0 Å². The predicted molar refractivity (Wildman–Crippen MR) is 72.3 cm³/mol. The fraction of sp³-hybridized carbons (Fsp3) is 0.500. The third-order valence-corrected chi connectivity index (χ3v) is 2.89. The maximum absolute atomic E-state index is 13.2. The largest absolute Gasteiger partial charge is 0.496 e. The molecule has 1 unspecified atom stereocenters. The van der Waals surface area contributed by atoms with Crippen LogP contribution in [0.2, 0.25) is 0 Å². The van der Waals surface area contributed by atoms with Gasteiger partial charge in [-0.1, -0.05) is 0 Å². The van der Waals surface area contributed by atoms with E-state index in [1.807, 2.05) is 6.92 Å². The zero-order valence-electron chi connectivity index (χ0n) is 11.6. The molecule has 0 heterocycles. The number of benzene rings is 1. The number of methoxy groups -OCH3 is 1. The van der Waals surface area contributed by atoms with Gasteiger partial charge in [0, 0.05) is 31.6 Å². The van der Waals surface area contributed by atoms with Gasteiger partial charge in [0.25, 0.3) is 0 Å². The lowest BCUT2D eigenvalue weighted by molar-refractivity contribution is -0.130. The van der Waals surface area contributed by atoms with E-state index >= 15 is 0 Å². The van der Waals surface area contributed by atoms with Gasteiger partial charge in [-0.25, -0.2) is 4.39 Å². The lowest BCUT2D eigenvalue weighted by Gasteiger charge is -2.19. The van der Waals surface area contributed by atoms with Gasteiger partial charge in [-0.15, -0.1) is 0 Å². The van der Waals surface area contributed by atoms with Crippen molar-refractivity contribution in [2.75, 3.05) is 14.2 Å². The van der Waals surface area contributed by atoms with Crippen LogP contribution in [0, 0.1) is 5.82 Å². The standard InChI is InChI=1S/C14H21FN2O2/c1-10(16)4-7-14(18)17(2)9-11-8-12(15)5-6-13(11)19-3/h5-6,8,10H,4,7,9,16H2,1-3H3. The minimum absolute atomic E-state index is 0.000978. The lowest BCUT2D eigenvalue weighted by Crippen LogP contribution is -2.28. The number of carbonyl (C=O) groups excluding carboxylic acids is 1. The first kappa shape index (κ1) is 15.4. The Kier molecular flexibility index (Phi) is 5.76.